The summed E-state index contributed by atoms with van der Waals surface area (Å²) in [7, 11) is 1.52. The van der Waals surface area contributed by atoms with Crippen LogP contribution >= 0.6 is 11.8 Å². The summed E-state index contributed by atoms with van der Waals surface area (Å²) in [5.41, 5.74) is 1.86. The largest absolute Gasteiger partial charge is 0.496 e. The van der Waals surface area contributed by atoms with Gasteiger partial charge in [0, 0.05) is 0 Å². The number of halogens is 1. The fourth-order valence-electron chi connectivity index (χ4n) is 2.09. The maximum atomic E-state index is 14.2. The highest BCUT2D eigenvalue weighted by atomic mass is 32.2. The molecule has 0 spiro atoms. The Balaban J connectivity index is 2.29. The van der Waals surface area contributed by atoms with Gasteiger partial charge in [-0.3, -0.25) is 0 Å². The van der Waals surface area contributed by atoms with Gasteiger partial charge >= 0.3 is 0 Å². The zero-order valence-electron chi connectivity index (χ0n) is 11.0. The number of nitrogens with zero attached hydrogens (tertiary/aromatic N) is 3. The van der Waals surface area contributed by atoms with Gasteiger partial charge in [0.05, 0.1) is 30.1 Å². The van der Waals surface area contributed by atoms with Gasteiger partial charge in [-0.15, -0.1) is 5.10 Å². The van der Waals surface area contributed by atoms with E-state index in [1.807, 2.05) is 18.4 Å². The Bertz CT molecular complexity index is 772. The normalized spacial score (nSPS) is 10.9. The zero-order valence-corrected chi connectivity index (χ0v) is 11.8. The van der Waals surface area contributed by atoms with Crippen molar-refractivity contribution in [1.82, 2.24) is 14.6 Å². The van der Waals surface area contributed by atoms with Crippen LogP contribution in [-0.2, 0) is 0 Å². The molecule has 0 N–H and O–H groups in total. The molecule has 0 unspecified atom stereocenters. The molecule has 0 saturated carbocycles. The summed E-state index contributed by atoms with van der Waals surface area (Å²) < 4.78 is 21.1. The minimum atomic E-state index is -0.339. The predicted octanol–water partition coefficient (Wildman–Crippen LogP) is 3.27. The standard InChI is InChI=1S/C14H12FN3OS/c1-19-12-5-3-4-10(15)13(12)11-7-6-9-8-16-14(20-2)17-18(9)11/h3-8H,1-2H3. The van der Waals surface area contributed by atoms with E-state index in [9.17, 15) is 4.39 Å². The number of thioether (sulfide) groups is 1. The monoisotopic (exact) mass is 289 g/mol. The maximum Gasteiger partial charge on any atom is 0.207 e. The van der Waals surface area contributed by atoms with Gasteiger partial charge < -0.3 is 4.74 Å². The van der Waals surface area contributed by atoms with Crippen LogP contribution in [0.25, 0.3) is 16.8 Å². The predicted molar refractivity (Wildman–Crippen MR) is 76.7 cm³/mol. The molecule has 0 bridgehead atoms. The second-order valence-electron chi connectivity index (χ2n) is 4.12. The summed E-state index contributed by atoms with van der Waals surface area (Å²) in [6.45, 7) is 0. The van der Waals surface area contributed by atoms with Crippen molar-refractivity contribution in [2.45, 2.75) is 5.16 Å². The first-order valence-corrected chi connectivity index (χ1v) is 7.18. The molecule has 2 heterocycles. The van der Waals surface area contributed by atoms with Crippen molar-refractivity contribution in [2.75, 3.05) is 13.4 Å². The number of methoxy groups -OCH3 is 1. The third-order valence-electron chi connectivity index (χ3n) is 3.01. The third-order valence-corrected chi connectivity index (χ3v) is 3.56. The van der Waals surface area contributed by atoms with Crippen LogP contribution in [-0.4, -0.2) is 28.0 Å². The van der Waals surface area contributed by atoms with Crippen molar-refractivity contribution in [2.24, 2.45) is 0 Å². The van der Waals surface area contributed by atoms with E-state index in [1.54, 1.807) is 22.8 Å². The Labute approximate surface area is 119 Å². The van der Waals surface area contributed by atoms with Crippen molar-refractivity contribution in [3.8, 4) is 17.0 Å². The summed E-state index contributed by atoms with van der Waals surface area (Å²) in [4.78, 5) is 4.20. The average Bonchev–Trinajstić information content (AvgIpc) is 2.89. The van der Waals surface area contributed by atoms with E-state index in [0.717, 1.165) is 5.52 Å². The number of fused-ring (bicyclic) bond motifs is 1. The van der Waals surface area contributed by atoms with Gasteiger partial charge in [0.2, 0.25) is 5.16 Å². The summed E-state index contributed by atoms with van der Waals surface area (Å²) >= 11 is 1.44. The van der Waals surface area contributed by atoms with Crippen LogP contribution in [0, 0.1) is 5.82 Å². The molecule has 0 saturated heterocycles. The molecule has 6 heteroatoms. The summed E-state index contributed by atoms with van der Waals surface area (Å²) in [5.74, 6) is 0.142. The van der Waals surface area contributed by atoms with Crippen LogP contribution in [0.15, 0.2) is 41.7 Å². The van der Waals surface area contributed by atoms with E-state index in [0.29, 0.717) is 22.2 Å². The molecule has 0 aliphatic rings. The number of hydrogen-bond donors (Lipinski definition) is 0. The van der Waals surface area contributed by atoms with Gasteiger partial charge in [0.25, 0.3) is 0 Å². The van der Waals surface area contributed by atoms with Gasteiger partial charge in [0.1, 0.15) is 11.6 Å². The molecule has 20 heavy (non-hydrogen) atoms. The van der Waals surface area contributed by atoms with Gasteiger partial charge in [-0.05, 0) is 30.5 Å². The van der Waals surface area contributed by atoms with Crippen LogP contribution in [0.2, 0.25) is 0 Å². The molecule has 0 amide bonds. The van der Waals surface area contributed by atoms with Gasteiger partial charge in [0.15, 0.2) is 0 Å². The van der Waals surface area contributed by atoms with E-state index < -0.39 is 0 Å². The van der Waals surface area contributed by atoms with Crippen molar-refractivity contribution in [3.63, 3.8) is 0 Å². The summed E-state index contributed by atoms with van der Waals surface area (Å²) in [6, 6.07) is 8.43. The molecule has 3 rings (SSSR count). The minimum absolute atomic E-state index is 0.339. The Morgan fingerprint density at radius 3 is 2.85 bits per heavy atom. The summed E-state index contributed by atoms with van der Waals surface area (Å²) in [5, 5.41) is 5.02. The topological polar surface area (TPSA) is 39.4 Å². The number of aromatic nitrogens is 3. The Kier molecular flexibility index (Phi) is 3.31. The molecule has 0 aliphatic heterocycles. The lowest BCUT2D eigenvalue weighted by molar-refractivity contribution is 0.413. The van der Waals surface area contributed by atoms with Gasteiger partial charge in [-0.25, -0.2) is 13.9 Å². The van der Waals surface area contributed by atoms with Crippen LogP contribution in [0.1, 0.15) is 0 Å². The molecule has 2 aromatic heterocycles. The smallest absolute Gasteiger partial charge is 0.207 e. The van der Waals surface area contributed by atoms with Crippen LogP contribution in [0.5, 0.6) is 5.75 Å². The highest BCUT2D eigenvalue weighted by molar-refractivity contribution is 7.98. The summed E-state index contributed by atoms with van der Waals surface area (Å²) in [6.07, 6.45) is 3.61. The van der Waals surface area contributed by atoms with E-state index in [1.165, 1.54) is 24.9 Å². The lowest BCUT2D eigenvalue weighted by Crippen LogP contribution is -2.00. The molecule has 0 atom stereocenters. The Morgan fingerprint density at radius 2 is 2.10 bits per heavy atom. The minimum Gasteiger partial charge on any atom is -0.496 e. The number of hydrogen-bond acceptors (Lipinski definition) is 4. The molecule has 4 nitrogen and oxygen atoms in total. The first-order chi connectivity index (χ1) is 9.74. The zero-order chi connectivity index (χ0) is 14.1. The number of benzene rings is 1. The second-order valence-corrected chi connectivity index (χ2v) is 4.89. The lowest BCUT2D eigenvalue weighted by atomic mass is 10.1. The highest BCUT2D eigenvalue weighted by Crippen LogP contribution is 2.33. The van der Waals surface area contributed by atoms with Crippen LogP contribution in [0.3, 0.4) is 0 Å². The number of rotatable bonds is 3. The molecule has 1 aromatic carbocycles. The first kappa shape index (κ1) is 12.9. The fraction of sp³-hybridized carbons (Fsp3) is 0.143. The van der Waals surface area contributed by atoms with E-state index in [-0.39, 0.29) is 5.82 Å². The van der Waals surface area contributed by atoms with Crippen molar-refractivity contribution in [1.29, 1.82) is 0 Å². The molecule has 102 valence electrons. The van der Waals surface area contributed by atoms with Gasteiger partial charge in [-0.1, -0.05) is 17.8 Å². The van der Waals surface area contributed by atoms with Crippen LogP contribution in [0.4, 0.5) is 4.39 Å². The number of ether oxygens (including phenoxy) is 1. The fourth-order valence-corrected chi connectivity index (χ4v) is 2.41. The molecule has 0 radical (unpaired) electrons. The lowest BCUT2D eigenvalue weighted by Gasteiger charge is -2.09. The molecular formula is C14H12FN3OS. The maximum absolute atomic E-state index is 14.2. The quantitative estimate of drug-likeness (QED) is 0.694. The van der Waals surface area contributed by atoms with Crippen molar-refractivity contribution in [3.05, 3.63) is 42.3 Å². The van der Waals surface area contributed by atoms with Crippen LogP contribution < -0.4 is 4.74 Å². The first-order valence-electron chi connectivity index (χ1n) is 5.96. The highest BCUT2D eigenvalue weighted by Gasteiger charge is 2.16. The van der Waals surface area contributed by atoms with E-state index >= 15 is 0 Å². The second kappa shape index (κ2) is 5.13. The Morgan fingerprint density at radius 1 is 1.25 bits per heavy atom. The van der Waals surface area contributed by atoms with Crippen molar-refractivity contribution < 1.29 is 9.13 Å². The van der Waals surface area contributed by atoms with E-state index in [2.05, 4.69) is 10.1 Å². The SMILES string of the molecule is COc1cccc(F)c1-c1ccc2cnc(SC)nn12. The van der Waals surface area contributed by atoms with Crippen molar-refractivity contribution >= 4 is 17.3 Å². The molecule has 3 aromatic rings. The average molecular weight is 289 g/mol. The third kappa shape index (κ3) is 2.02. The molecule has 0 fully saturated rings. The Hall–Kier alpha value is -2.08. The molecular weight excluding hydrogens is 277 g/mol. The molecule has 0 aliphatic carbocycles. The van der Waals surface area contributed by atoms with Gasteiger partial charge in [-0.2, -0.15) is 0 Å². The van der Waals surface area contributed by atoms with E-state index in [4.69, 9.17) is 4.74 Å².